The molecule has 0 aliphatic carbocycles. The quantitative estimate of drug-likeness (QED) is 0.737. The Balaban J connectivity index is 1.69. The maximum atomic E-state index is 12.1. The Hall–Kier alpha value is -1.91. The SMILES string of the molecule is CC(C)(C)OC(=O)N1CCC2(C=Nc3cnccc32)CC1. The maximum Gasteiger partial charge on any atom is 0.410 e. The summed E-state index contributed by atoms with van der Waals surface area (Å²) in [5.41, 5.74) is 1.72. The van der Waals surface area contributed by atoms with Gasteiger partial charge in [-0.05, 0) is 45.2 Å². The molecular weight excluding hydrogens is 266 g/mol. The van der Waals surface area contributed by atoms with E-state index in [1.807, 2.05) is 39.2 Å². The Labute approximate surface area is 125 Å². The van der Waals surface area contributed by atoms with Crippen LogP contribution in [0.1, 0.15) is 39.2 Å². The van der Waals surface area contributed by atoms with Crippen molar-refractivity contribution < 1.29 is 9.53 Å². The average molecular weight is 287 g/mol. The Morgan fingerprint density at radius 1 is 1.33 bits per heavy atom. The van der Waals surface area contributed by atoms with Crippen molar-refractivity contribution >= 4 is 18.0 Å². The van der Waals surface area contributed by atoms with Crippen LogP contribution in [0, 0.1) is 0 Å². The van der Waals surface area contributed by atoms with E-state index in [4.69, 9.17) is 4.74 Å². The standard InChI is InChI=1S/C16H21N3O2/c1-15(2,3)21-14(20)19-8-5-16(6-9-19)11-18-13-10-17-7-4-12(13)16/h4,7,10-11H,5-6,8-9H2,1-3H3. The Morgan fingerprint density at radius 2 is 2.05 bits per heavy atom. The monoisotopic (exact) mass is 287 g/mol. The topological polar surface area (TPSA) is 54.8 Å². The lowest BCUT2D eigenvalue weighted by molar-refractivity contribution is 0.0191. The second-order valence-electron chi connectivity index (χ2n) is 6.77. The number of hydrogen-bond donors (Lipinski definition) is 0. The average Bonchev–Trinajstić information content (AvgIpc) is 2.77. The first-order chi connectivity index (χ1) is 9.90. The molecule has 0 radical (unpaired) electrons. The number of pyridine rings is 1. The highest BCUT2D eigenvalue weighted by Crippen LogP contribution is 2.43. The van der Waals surface area contributed by atoms with Crippen LogP contribution in [0.4, 0.5) is 10.5 Å². The van der Waals surface area contributed by atoms with Crippen molar-refractivity contribution in [1.29, 1.82) is 0 Å². The van der Waals surface area contributed by atoms with Crippen molar-refractivity contribution in [2.24, 2.45) is 4.99 Å². The molecule has 21 heavy (non-hydrogen) atoms. The second kappa shape index (κ2) is 4.83. The third kappa shape index (κ3) is 2.64. The third-order valence-corrected chi connectivity index (χ3v) is 4.09. The van der Waals surface area contributed by atoms with Crippen molar-refractivity contribution in [3.8, 4) is 0 Å². The molecule has 112 valence electrons. The number of rotatable bonds is 0. The summed E-state index contributed by atoms with van der Waals surface area (Å²) >= 11 is 0. The third-order valence-electron chi connectivity index (χ3n) is 4.09. The number of nitrogens with zero attached hydrogens (tertiary/aromatic N) is 3. The first-order valence-electron chi connectivity index (χ1n) is 7.37. The van der Waals surface area contributed by atoms with Crippen LogP contribution in [-0.4, -0.2) is 40.9 Å². The van der Waals surface area contributed by atoms with Gasteiger partial charge >= 0.3 is 6.09 Å². The highest BCUT2D eigenvalue weighted by molar-refractivity contribution is 5.85. The molecule has 2 aliphatic rings. The predicted octanol–water partition coefficient (Wildman–Crippen LogP) is 3.07. The van der Waals surface area contributed by atoms with Gasteiger partial charge in [-0.15, -0.1) is 0 Å². The van der Waals surface area contributed by atoms with Gasteiger partial charge in [-0.1, -0.05) is 0 Å². The van der Waals surface area contributed by atoms with Crippen molar-refractivity contribution in [2.75, 3.05) is 13.1 Å². The molecule has 0 atom stereocenters. The van der Waals surface area contributed by atoms with Gasteiger partial charge in [-0.3, -0.25) is 9.98 Å². The fourth-order valence-corrected chi connectivity index (χ4v) is 2.99. The summed E-state index contributed by atoms with van der Waals surface area (Å²) in [4.78, 5) is 22.5. The van der Waals surface area contributed by atoms with E-state index in [9.17, 15) is 4.79 Å². The van der Waals surface area contributed by atoms with Gasteiger partial charge in [-0.25, -0.2) is 4.79 Å². The highest BCUT2D eigenvalue weighted by Gasteiger charge is 2.41. The first-order valence-corrected chi connectivity index (χ1v) is 7.37. The van der Waals surface area contributed by atoms with E-state index in [0.29, 0.717) is 13.1 Å². The van der Waals surface area contributed by atoms with E-state index < -0.39 is 5.60 Å². The molecule has 5 nitrogen and oxygen atoms in total. The highest BCUT2D eigenvalue weighted by atomic mass is 16.6. The molecule has 1 amide bonds. The molecule has 5 heteroatoms. The summed E-state index contributed by atoms with van der Waals surface area (Å²) in [5, 5.41) is 0. The lowest BCUT2D eigenvalue weighted by atomic mass is 9.75. The molecule has 3 heterocycles. The minimum absolute atomic E-state index is 0.0310. The molecule has 1 saturated heterocycles. The Bertz CT molecular complexity index is 581. The van der Waals surface area contributed by atoms with Gasteiger partial charge in [0.25, 0.3) is 0 Å². The van der Waals surface area contributed by atoms with Crippen LogP contribution in [0.5, 0.6) is 0 Å². The van der Waals surface area contributed by atoms with E-state index in [1.165, 1.54) is 5.56 Å². The van der Waals surface area contributed by atoms with Crippen LogP contribution >= 0.6 is 0 Å². The number of carbonyl (C=O) groups excluding carboxylic acids is 1. The van der Waals surface area contributed by atoms with Gasteiger partial charge in [0.2, 0.25) is 0 Å². The van der Waals surface area contributed by atoms with Crippen molar-refractivity contribution in [2.45, 2.75) is 44.6 Å². The number of likely N-dealkylation sites (tertiary alicyclic amines) is 1. The van der Waals surface area contributed by atoms with E-state index in [1.54, 1.807) is 11.1 Å². The van der Waals surface area contributed by atoms with Gasteiger partial charge in [0.1, 0.15) is 5.60 Å². The zero-order valence-electron chi connectivity index (χ0n) is 12.8. The first kappa shape index (κ1) is 14.0. The lowest BCUT2D eigenvalue weighted by Crippen LogP contribution is -2.46. The van der Waals surface area contributed by atoms with Gasteiger partial charge in [0.05, 0.1) is 11.9 Å². The lowest BCUT2D eigenvalue weighted by Gasteiger charge is -2.38. The smallest absolute Gasteiger partial charge is 0.410 e. The van der Waals surface area contributed by atoms with Crippen molar-refractivity contribution in [3.63, 3.8) is 0 Å². The Morgan fingerprint density at radius 3 is 2.71 bits per heavy atom. The van der Waals surface area contributed by atoms with Crippen molar-refractivity contribution in [1.82, 2.24) is 9.88 Å². The Kier molecular flexibility index (Phi) is 3.23. The fraction of sp³-hybridized carbons (Fsp3) is 0.562. The van der Waals surface area contributed by atoms with Crippen LogP contribution in [0.25, 0.3) is 0 Å². The van der Waals surface area contributed by atoms with Gasteiger partial charge < -0.3 is 9.64 Å². The van der Waals surface area contributed by atoms with Gasteiger partial charge in [0.15, 0.2) is 0 Å². The van der Waals surface area contributed by atoms with E-state index in [-0.39, 0.29) is 11.5 Å². The zero-order valence-corrected chi connectivity index (χ0v) is 12.8. The summed E-state index contributed by atoms with van der Waals surface area (Å²) in [6.07, 6.45) is 7.20. The van der Waals surface area contributed by atoms with Crippen LogP contribution in [0.15, 0.2) is 23.5 Å². The number of fused-ring (bicyclic) bond motifs is 2. The molecule has 0 bridgehead atoms. The molecule has 1 aromatic rings. The van der Waals surface area contributed by atoms with Crippen LogP contribution in [-0.2, 0) is 10.2 Å². The second-order valence-corrected chi connectivity index (χ2v) is 6.77. The van der Waals surface area contributed by atoms with Gasteiger partial charge in [0, 0.05) is 30.9 Å². The van der Waals surface area contributed by atoms with Crippen LogP contribution in [0.2, 0.25) is 0 Å². The van der Waals surface area contributed by atoms with Crippen molar-refractivity contribution in [3.05, 3.63) is 24.0 Å². The number of amides is 1. The van der Waals surface area contributed by atoms with E-state index >= 15 is 0 Å². The number of hydrogen-bond acceptors (Lipinski definition) is 4. The number of aliphatic imine (C=N–C) groups is 1. The summed E-state index contributed by atoms with van der Waals surface area (Å²) < 4.78 is 5.44. The summed E-state index contributed by atoms with van der Waals surface area (Å²) in [5.74, 6) is 0. The normalized spacial score (nSPS) is 19.7. The van der Waals surface area contributed by atoms with Crippen LogP contribution < -0.4 is 0 Å². The number of carbonyl (C=O) groups is 1. The number of piperidine rings is 1. The zero-order chi connectivity index (χ0) is 15.1. The molecule has 0 aromatic carbocycles. The molecule has 1 fully saturated rings. The number of ether oxygens (including phenoxy) is 1. The van der Waals surface area contributed by atoms with E-state index in [2.05, 4.69) is 9.98 Å². The summed E-state index contributed by atoms with van der Waals surface area (Å²) in [6, 6.07) is 2.05. The van der Waals surface area contributed by atoms with Gasteiger partial charge in [-0.2, -0.15) is 0 Å². The minimum atomic E-state index is -0.445. The molecule has 0 saturated carbocycles. The predicted molar refractivity (Wildman–Crippen MR) is 81.1 cm³/mol. The fourth-order valence-electron chi connectivity index (χ4n) is 2.99. The summed E-state index contributed by atoms with van der Waals surface area (Å²) in [6.45, 7) is 7.07. The van der Waals surface area contributed by atoms with Crippen LogP contribution in [0.3, 0.4) is 0 Å². The minimum Gasteiger partial charge on any atom is -0.444 e. The summed E-state index contributed by atoms with van der Waals surface area (Å²) in [7, 11) is 0. The maximum absolute atomic E-state index is 12.1. The molecular formula is C16H21N3O2. The molecule has 1 spiro atoms. The molecule has 2 aliphatic heterocycles. The largest absolute Gasteiger partial charge is 0.444 e. The molecule has 0 unspecified atom stereocenters. The number of aromatic nitrogens is 1. The molecule has 3 rings (SSSR count). The molecule has 1 aromatic heterocycles. The van der Waals surface area contributed by atoms with E-state index in [0.717, 1.165) is 18.5 Å². The molecule has 0 N–H and O–H groups in total.